The summed E-state index contributed by atoms with van der Waals surface area (Å²) in [6, 6.07) is 16.3. The molecule has 1 aliphatic rings. The second-order valence-electron chi connectivity index (χ2n) is 9.78. The summed E-state index contributed by atoms with van der Waals surface area (Å²) < 4.78 is 16.7. The number of morpholine rings is 1. The number of hydrogen-bond acceptors (Lipinski definition) is 7. The highest BCUT2D eigenvalue weighted by atomic mass is 16.5. The van der Waals surface area contributed by atoms with Crippen molar-refractivity contribution in [1.29, 1.82) is 0 Å². The zero-order valence-electron chi connectivity index (χ0n) is 22.6. The van der Waals surface area contributed by atoms with Crippen LogP contribution in [-0.2, 0) is 25.5 Å². The number of amides is 2. The predicted molar refractivity (Wildman–Crippen MR) is 146 cm³/mol. The second-order valence-corrected chi connectivity index (χ2v) is 9.78. The Kier molecular flexibility index (Phi) is 10.2. The quantitative estimate of drug-likeness (QED) is 0.331. The number of oxazole rings is 1. The number of carbonyl (C=O) groups excluding carboxylic acids is 3. The number of ketones is 1. The number of aryl methyl sites for hydroxylation is 1. The highest BCUT2D eigenvalue weighted by molar-refractivity contribution is 6.00. The minimum atomic E-state index is -0.972. The molecular formula is C30H37N3O6. The molecule has 208 valence electrons. The number of ether oxygens (including phenoxy) is 2. The van der Waals surface area contributed by atoms with Crippen molar-refractivity contribution >= 4 is 28.7 Å². The Balaban J connectivity index is 1.53. The standard InChI is InChI=1S/C30H37N3O6/c1-3-10-24(26(34)29-32-23-15-7-8-16-25(23)39-29)31-28(35)22(14-9-13-21-11-5-4-6-12-21)27(37-2)30(36)33-17-19-38-20-18-33/h4-8,11-12,15-16,22,24,27H,3,9-10,13-14,17-20H2,1-2H3,(H,31,35)/t22-,24+,27+/m1/s1. The Hall–Kier alpha value is -3.56. The SMILES string of the molecule is CCC[C@H](NC(=O)[C@H](CCCc1ccccc1)[C@H](OC)C(=O)N1CCOCC1)C(=O)c1nc2ccccc2o1. The fourth-order valence-corrected chi connectivity index (χ4v) is 4.95. The Labute approximate surface area is 228 Å². The highest BCUT2D eigenvalue weighted by Gasteiger charge is 2.38. The van der Waals surface area contributed by atoms with Gasteiger partial charge in [-0.15, -0.1) is 0 Å². The molecule has 39 heavy (non-hydrogen) atoms. The van der Waals surface area contributed by atoms with Gasteiger partial charge in [-0.05, 0) is 43.4 Å². The van der Waals surface area contributed by atoms with Crippen LogP contribution in [0.5, 0.6) is 0 Å². The lowest BCUT2D eigenvalue weighted by molar-refractivity contribution is -0.154. The summed E-state index contributed by atoms with van der Waals surface area (Å²) in [6.45, 7) is 3.74. The zero-order valence-corrected chi connectivity index (χ0v) is 22.6. The number of benzene rings is 2. The highest BCUT2D eigenvalue weighted by Crippen LogP contribution is 2.22. The van der Waals surface area contributed by atoms with Crippen LogP contribution < -0.4 is 5.32 Å². The number of methoxy groups -OCH3 is 1. The van der Waals surface area contributed by atoms with Gasteiger partial charge in [0.15, 0.2) is 5.58 Å². The molecule has 9 heteroatoms. The van der Waals surface area contributed by atoms with Crippen LogP contribution >= 0.6 is 0 Å². The van der Waals surface area contributed by atoms with Crippen molar-refractivity contribution in [3.63, 3.8) is 0 Å². The van der Waals surface area contributed by atoms with Gasteiger partial charge in [-0.25, -0.2) is 4.98 Å². The number of Topliss-reactive ketones (excluding diaryl/α,β-unsaturated/α-hetero) is 1. The molecule has 0 aliphatic carbocycles. The minimum Gasteiger partial charge on any atom is -0.434 e. The van der Waals surface area contributed by atoms with Crippen molar-refractivity contribution in [3.05, 3.63) is 66.1 Å². The van der Waals surface area contributed by atoms with E-state index in [1.54, 1.807) is 17.0 Å². The van der Waals surface area contributed by atoms with E-state index in [0.717, 1.165) is 12.0 Å². The van der Waals surface area contributed by atoms with Gasteiger partial charge in [-0.1, -0.05) is 55.8 Å². The second kappa shape index (κ2) is 14.0. The molecule has 1 fully saturated rings. The maximum Gasteiger partial charge on any atom is 0.266 e. The average molecular weight is 536 g/mol. The Bertz CT molecular complexity index is 1200. The third kappa shape index (κ3) is 7.30. The molecule has 0 saturated carbocycles. The van der Waals surface area contributed by atoms with Gasteiger partial charge >= 0.3 is 0 Å². The molecule has 9 nitrogen and oxygen atoms in total. The fraction of sp³-hybridized carbons (Fsp3) is 0.467. The van der Waals surface area contributed by atoms with Crippen LogP contribution in [0.4, 0.5) is 0 Å². The van der Waals surface area contributed by atoms with Crippen LogP contribution in [0, 0.1) is 5.92 Å². The summed E-state index contributed by atoms with van der Waals surface area (Å²) in [7, 11) is 1.45. The third-order valence-electron chi connectivity index (χ3n) is 7.06. The number of carbonyl (C=O) groups is 3. The molecule has 0 bridgehead atoms. The van der Waals surface area contributed by atoms with Crippen molar-refractivity contribution in [2.75, 3.05) is 33.4 Å². The van der Waals surface area contributed by atoms with Gasteiger partial charge in [0.05, 0.1) is 25.2 Å². The van der Waals surface area contributed by atoms with Crippen LogP contribution in [0.15, 0.2) is 59.0 Å². The number of nitrogens with one attached hydrogen (secondary N) is 1. The normalized spacial score (nSPS) is 16.0. The molecule has 4 rings (SSSR count). The number of fused-ring (bicyclic) bond motifs is 1. The van der Waals surface area contributed by atoms with Crippen LogP contribution in [0.3, 0.4) is 0 Å². The fourth-order valence-electron chi connectivity index (χ4n) is 4.95. The smallest absolute Gasteiger partial charge is 0.266 e. The summed E-state index contributed by atoms with van der Waals surface area (Å²) in [6.07, 6.45) is 1.96. The topological polar surface area (TPSA) is 111 Å². The first-order chi connectivity index (χ1) is 19.0. The van der Waals surface area contributed by atoms with Crippen LogP contribution in [0.2, 0.25) is 0 Å². The van der Waals surface area contributed by atoms with E-state index in [0.29, 0.717) is 63.1 Å². The van der Waals surface area contributed by atoms with E-state index < -0.39 is 23.8 Å². The molecule has 3 aromatic rings. The van der Waals surface area contributed by atoms with Crippen LogP contribution in [0.1, 0.15) is 48.9 Å². The number of nitrogens with zero attached hydrogens (tertiary/aromatic N) is 2. The summed E-state index contributed by atoms with van der Waals surface area (Å²) >= 11 is 0. The molecule has 0 spiro atoms. The lowest BCUT2D eigenvalue weighted by Gasteiger charge is -2.33. The molecule has 0 unspecified atom stereocenters. The van der Waals surface area contributed by atoms with Gasteiger partial charge in [0.1, 0.15) is 11.6 Å². The summed E-state index contributed by atoms with van der Waals surface area (Å²) in [5, 5.41) is 2.92. The van der Waals surface area contributed by atoms with Crippen LogP contribution in [-0.4, -0.2) is 73.0 Å². The first-order valence-corrected chi connectivity index (χ1v) is 13.6. The number of hydrogen-bond donors (Lipinski definition) is 1. The molecule has 1 saturated heterocycles. The maximum absolute atomic E-state index is 13.8. The van der Waals surface area contributed by atoms with E-state index >= 15 is 0 Å². The maximum atomic E-state index is 13.8. The molecule has 1 aromatic heterocycles. The molecular weight excluding hydrogens is 498 g/mol. The molecule has 2 amide bonds. The largest absolute Gasteiger partial charge is 0.434 e. The van der Waals surface area contributed by atoms with E-state index in [1.165, 1.54) is 7.11 Å². The molecule has 2 heterocycles. The minimum absolute atomic E-state index is 0.0386. The van der Waals surface area contributed by atoms with Crippen molar-refractivity contribution < 1.29 is 28.3 Å². The molecule has 1 aliphatic heterocycles. The zero-order chi connectivity index (χ0) is 27.6. The van der Waals surface area contributed by atoms with Gasteiger partial charge in [0, 0.05) is 20.2 Å². The molecule has 2 aromatic carbocycles. The molecule has 1 N–H and O–H groups in total. The number of rotatable bonds is 13. The van der Waals surface area contributed by atoms with Crippen LogP contribution in [0.25, 0.3) is 11.1 Å². The van der Waals surface area contributed by atoms with E-state index in [2.05, 4.69) is 10.3 Å². The first kappa shape index (κ1) is 28.4. The molecule has 0 radical (unpaired) electrons. The molecule has 3 atom stereocenters. The summed E-state index contributed by atoms with van der Waals surface area (Å²) in [5.41, 5.74) is 2.24. The van der Waals surface area contributed by atoms with E-state index in [1.807, 2.05) is 49.4 Å². The Morgan fingerprint density at radius 3 is 2.44 bits per heavy atom. The van der Waals surface area contributed by atoms with E-state index in [-0.39, 0.29) is 17.7 Å². The number of aromatic nitrogens is 1. The Morgan fingerprint density at radius 2 is 1.74 bits per heavy atom. The van der Waals surface area contributed by atoms with Crippen molar-refractivity contribution in [3.8, 4) is 0 Å². The Morgan fingerprint density at radius 1 is 1.03 bits per heavy atom. The van der Waals surface area contributed by atoms with Crippen molar-refractivity contribution in [2.24, 2.45) is 5.92 Å². The predicted octanol–water partition coefficient (Wildman–Crippen LogP) is 3.81. The van der Waals surface area contributed by atoms with Crippen molar-refractivity contribution in [1.82, 2.24) is 15.2 Å². The van der Waals surface area contributed by atoms with Gasteiger partial charge in [-0.2, -0.15) is 0 Å². The van der Waals surface area contributed by atoms with E-state index in [9.17, 15) is 14.4 Å². The van der Waals surface area contributed by atoms with Crippen molar-refractivity contribution in [2.45, 2.75) is 51.2 Å². The monoisotopic (exact) mass is 535 g/mol. The first-order valence-electron chi connectivity index (χ1n) is 13.6. The lowest BCUT2D eigenvalue weighted by atomic mass is 9.91. The van der Waals surface area contributed by atoms with Gasteiger partial charge in [0.25, 0.3) is 11.8 Å². The third-order valence-corrected chi connectivity index (χ3v) is 7.06. The lowest BCUT2D eigenvalue weighted by Crippen LogP contribution is -2.53. The average Bonchev–Trinajstić information content (AvgIpc) is 3.41. The summed E-state index contributed by atoms with van der Waals surface area (Å²) in [5.74, 6) is -1.83. The van der Waals surface area contributed by atoms with E-state index in [4.69, 9.17) is 13.9 Å². The summed E-state index contributed by atoms with van der Waals surface area (Å²) in [4.78, 5) is 46.6. The number of para-hydroxylation sites is 2. The van der Waals surface area contributed by atoms with Gasteiger partial charge in [-0.3, -0.25) is 14.4 Å². The van der Waals surface area contributed by atoms with Gasteiger partial charge in [0.2, 0.25) is 11.7 Å². The van der Waals surface area contributed by atoms with Gasteiger partial charge < -0.3 is 24.1 Å².